The van der Waals surface area contributed by atoms with E-state index in [-0.39, 0.29) is 0 Å². The molecule has 0 radical (unpaired) electrons. The van der Waals surface area contributed by atoms with Gasteiger partial charge in [0.1, 0.15) is 0 Å². The average Bonchev–Trinajstić information content (AvgIpc) is 2.27. The summed E-state index contributed by atoms with van der Waals surface area (Å²) in [5.74, 6) is 0. The molecule has 2 nitrogen and oxygen atoms in total. The van der Waals surface area contributed by atoms with E-state index >= 15 is 0 Å². The van der Waals surface area contributed by atoms with Gasteiger partial charge in [0.05, 0.1) is 12.2 Å². The summed E-state index contributed by atoms with van der Waals surface area (Å²) in [6.07, 6.45) is 1.89. The number of hydrogen-bond acceptors (Lipinski definition) is 2. The van der Waals surface area contributed by atoms with Crippen molar-refractivity contribution in [2.24, 2.45) is 0 Å². The second kappa shape index (κ2) is 5.46. The van der Waals surface area contributed by atoms with Crippen molar-refractivity contribution in [2.45, 2.75) is 32.5 Å². The molecule has 1 aliphatic rings. The van der Waals surface area contributed by atoms with Gasteiger partial charge in [0.15, 0.2) is 0 Å². The predicted molar refractivity (Wildman–Crippen MR) is 66.6 cm³/mol. The topological polar surface area (TPSA) is 12.5 Å². The molecule has 2 atom stereocenters. The molecule has 2 heteroatoms. The molecular weight excluding hydrogens is 198 g/mol. The van der Waals surface area contributed by atoms with Crippen LogP contribution >= 0.6 is 0 Å². The Morgan fingerprint density at radius 3 is 2.38 bits per heavy atom. The van der Waals surface area contributed by atoms with Gasteiger partial charge in [0.2, 0.25) is 0 Å². The van der Waals surface area contributed by atoms with Gasteiger partial charge >= 0.3 is 0 Å². The first-order valence-electron chi connectivity index (χ1n) is 6.16. The minimum absolute atomic E-state index is 0.375. The lowest BCUT2D eigenvalue weighted by Crippen LogP contribution is -2.46. The summed E-state index contributed by atoms with van der Waals surface area (Å²) in [7, 11) is 0. The second-order valence-corrected chi connectivity index (χ2v) is 4.75. The first kappa shape index (κ1) is 11.6. The molecule has 0 aliphatic carbocycles. The van der Waals surface area contributed by atoms with E-state index in [0.717, 1.165) is 26.1 Å². The SMILES string of the molecule is C[C@@H]1CN(CCc2ccccc2)C[C@H](C)O1. The second-order valence-electron chi connectivity index (χ2n) is 4.75. The first-order valence-corrected chi connectivity index (χ1v) is 6.16. The summed E-state index contributed by atoms with van der Waals surface area (Å²) >= 11 is 0. The quantitative estimate of drug-likeness (QED) is 0.773. The van der Waals surface area contributed by atoms with Gasteiger partial charge < -0.3 is 4.74 Å². The van der Waals surface area contributed by atoms with Crippen molar-refractivity contribution in [3.05, 3.63) is 35.9 Å². The summed E-state index contributed by atoms with van der Waals surface area (Å²) < 4.78 is 5.73. The van der Waals surface area contributed by atoms with Crippen LogP contribution in [0.2, 0.25) is 0 Å². The monoisotopic (exact) mass is 219 g/mol. The van der Waals surface area contributed by atoms with E-state index in [1.54, 1.807) is 0 Å². The molecule has 0 unspecified atom stereocenters. The molecular formula is C14H21NO. The normalized spacial score (nSPS) is 26.9. The summed E-state index contributed by atoms with van der Waals surface area (Å²) in [4.78, 5) is 2.51. The lowest BCUT2D eigenvalue weighted by molar-refractivity contribution is -0.0675. The number of ether oxygens (including phenoxy) is 1. The van der Waals surface area contributed by atoms with Crippen LogP contribution in [0.15, 0.2) is 30.3 Å². The van der Waals surface area contributed by atoms with Gasteiger partial charge in [-0.1, -0.05) is 30.3 Å². The van der Waals surface area contributed by atoms with Gasteiger partial charge in [0.25, 0.3) is 0 Å². The van der Waals surface area contributed by atoms with Crippen molar-refractivity contribution in [3.63, 3.8) is 0 Å². The Balaban J connectivity index is 1.81. The largest absolute Gasteiger partial charge is 0.373 e. The Morgan fingerprint density at radius 2 is 1.75 bits per heavy atom. The molecule has 1 heterocycles. The Labute approximate surface area is 98.2 Å². The molecule has 0 saturated carbocycles. The average molecular weight is 219 g/mol. The zero-order chi connectivity index (χ0) is 11.4. The highest BCUT2D eigenvalue weighted by atomic mass is 16.5. The lowest BCUT2D eigenvalue weighted by atomic mass is 10.1. The van der Waals surface area contributed by atoms with Crippen LogP contribution < -0.4 is 0 Å². The van der Waals surface area contributed by atoms with Gasteiger partial charge in [-0.15, -0.1) is 0 Å². The third kappa shape index (κ3) is 3.32. The van der Waals surface area contributed by atoms with Gasteiger partial charge in [-0.2, -0.15) is 0 Å². The zero-order valence-electron chi connectivity index (χ0n) is 10.2. The lowest BCUT2D eigenvalue weighted by Gasteiger charge is -2.35. The Hall–Kier alpha value is -0.860. The summed E-state index contributed by atoms with van der Waals surface area (Å²) in [6, 6.07) is 10.7. The number of benzene rings is 1. The number of morpholine rings is 1. The molecule has 1 saturated heterocycles. The molecule has 1 fully saturated rings. The van der Waals surface area contributed by atoms with Crippen LogP contribution in [0, 0.1) is 0 Å². The fourth-order valence-electron chi connectivity index (χ4n) is 2.40. The van der Waals surface area contributed by atoms with E-state index in [9.17, 15) is 0 Å². The maximum atomic E-state index is 5.73. The highest BCUT2D eigenvalue weighted by Gasteiger charge is 2.21. The van der Waals surface area contributed by atoms with Gasteiger partial charge in [-0.05, 0) is 25.8 Å². The van der Waals surface area contributed by atoms with Crippen LogP contribution in [-0.2, 0) is 11.2 Å². The van der Waals surface area contributed by atoms with Crippen molar-refractivity contribution in [3.8, 4) is 0 Å². The molecule has 0 amide bonds. The maximum absolute atomic E-state index is 5.73. The standard InChI is InChI=1S/C14H21NO/c1-12-10-15(11-13(2)16-12)9-8-14-6-4-3-5-7-14/h3-7,12-13H,8-11H2,1-2H3/t12-,13+. The van der Waals surface area contributed by atoms with Crippen LogP contribution in [0.5, 0.6) is 0 Å². The van der Waals surface area contributed by atoms with E-state index in [1.165, 1.54) is 5.56 Å². The predicted octanol–water partition coefficient (Wildman–Crippen LogP) is 2.34. The number of rotatable bonds is 3. The van der Waals surface area contributed by atoms with Gasteiger partial charge in [-0.3, -0.25) is 4.90 Å². The van der Waals surface area contributed by atoms with E-state index in [2.05, 4.69) is 49.1 Å². The molecule has 88 valence electrons. The molecule has 2 rings (SSSR count). The highest BCUT2D eigenvalue weighted by Crippen LogP contribution is 2.11. The van der Waals surface area contributed by atoms with Gasteiger partial charge in [0, 0.05) is 19.6 Å². The van der Waals surface area contributed by atoms with Gasteiger partial charge in [-0.25, -0.2) is 0 Å². The first-order chi connectivity index (χ1) is 7.74. The summed E-state index contributed by atoms with van der Waals surface area (Å²) in [5.41, 5.74) is 1.43. The fourth-order valence-corrected chi connectivity index (χ4v) is 2.40. The molecule has 1 aliphatic heterocycles. The number of nitrogens with zero attached hydrogens (tertiary/aromatic N) is 1. The molecule has 16 heavy (non-hydrogen) atoms. The van der Waals surface area contributed by atoms with Crippen LogP contribution in [0.25, 0.3) is 0 Å². The maximum Gasteiger partial charge on any atom is 0.0678 e. The Morgan fingerprint density at radius 1 is 1.12 bits per heavy atom. The zero-order valence-corrected chi connectivity index (χ0v) is 10.2. The Kier molecular flexibility index (Phi) is 3.97. The molecule has 0 bridgehead atoms. The Bertz CT molecular complexity index is 302. The van der Waals surface area contributed by atoms with Crippen molar-refractivity contribution in [1.82, 2.24) is 4.90 Å². The van der Waals surface area contributed by atoms with E-state index < -0.39 is 0 Å². The fraction of sp³-hybridized carbons (Fsp3) is 0.571. The van der Waals surface area contributed by atoms with Crippen LogP contribution in [-0.4, -0.2) is 36.7 Å². The summed E-state index contributed by atoms with van der Waals surface area (Å²) in [5, 5.41) is 0. The van der Waals surface area contributed by atoms with Crippen molar-refractivity contribution < 1.29 is 4.74 Å². The minimum Gasteiger partial charge on any atom is -0.373 e. The third-order valence-electron chi connectivity index (χ3n) is 3.05. The smallest absolute Gasteiger partial charge is 0.0678 e. The minimum atomic E-state index is 0.375. The van der Waals surface area contributed by atoms with E-state index in [1.807, 2.05) is 0 Å². The third-order valence-corrected chi connectivity index (χ3v) is 3.05. The summed E-state index contributed by atoms with van der Waals surface area (Å²) in [6.45, 7) is 7.59. The number of hydrogen-bond donors (Lipinski definition) is 0. The van der Waals surface area contributed by atoms with E-state index in [0.29, 0.717) is 12.2 Å². The van der Waals surface area contributed by atoms with E-state index in [4.69, 9.17) is 4.74 Å². The molecule has 1 aromatic rings. The molecule has 1 aromatic carbocycles. The van der Waals surface area contributed by atoms with Crippen LogP contribution in [0.3, 0.4) is 0 Å². The van der Waals surface area contributed by atoms with Crippen molar-refractivity contribution >= 4 is 0 Å². The van der Waals surface area contributed by atoms with Crippen LogP contribution in [0.4, 0.5) is 0 Å². The molecule has 0 spiro atoms. The van der Waals surface area contributed by atoms with Crippen molar-refractivity contribution in [1.29, 1.82) is 0 Å². The molecule has 0 aromatic heterocycles. The van der Waals surface area contributed by atoms with Crippen molar-refractivity contribution in [2.75, 3.05) is 19.6 Å². The molecule has 0 N–H and O–H groups in total. The highest BCUT2D eigenvalue weighted by molar-refractivity contribution is 5.14. The van der Waals surface area contributed by atoms with Crippen LogP contribution in [0.1, 0.15) is 19.4 Å².